The number of hydrogen-bond acceptors (Lipinski definition) is 2. The first-order chi connectivity index (χ1) is 7.45. The highest BCUT2D eigenvalue weighted by Gasteiger charge is 2.30. The highest BCUT2D eigenvalue weighted by molar-refractivity contribution is 5.27. The van der Waals surface area contributed by atoms with Crippen molar-refractivity contribution in [3.8, 4) is 0 Å². The third-order valence-electron chi connectivity index (χ3n) is 2.31. The summed E-state index contributed by atoms with van der Waals surface area (Å²) in [5, 5.41) is 3.03. The standard InChI is InChI=1S/C11H15F3N2/c1-8(16-6-5-15)9-3-2-4-10(7-9)11(12,13)14/h2-4,7-8,16H,5-6,15H2,1H3. The SMILES string of the molecule is CC(NCCN)c1cccc(C(F)(F)F)c1. The summed E-state index contributed by atoms with van der Waals surface area (Å²) in [5.74, 6) is 0. The monoisotopic (exact) mass is 232 g/mol. The van der Waals surface area contributed by atoms with Crippen LogP contribution in [0.3, 0.4) is 0 Å². The normalized spacial score (nSPS) is 13.8. The molecule has 90 valence electrons. The zero-order chi connectivity index (χ0) is 12.2. The van der Waals surface area contributed by atoms with Crippen LogP contribution < -0.4 is 11.1 Å². The summed E-state index contributed by atoms with van der Waals surface area (Å²) in [7, 11) is 0. The molecule has 1 unspecified atom stereocenters. The van der Waals surface area contributed by atoms with E-state index in [-0.39, 0.29) is 6.04 Å². The fourth-order valence-corrected chi connectivity index (χ4v) is 1.40. The molecular weight excluding hydrogens is 217 g/mol. The lowest BCUT2D eigenvalue weighted by Gasteiger charge is -2.15. The average molecular weight is 232 g/mol. The maximum atomic E-state index is 12.4. The van der Waals surface area contributed by atoms with Crippen molar-refractivity contribution in [1.82, 2.24) is 5.32 Å². The van der Waals surface area contributed by atoms with Crippen molar-refractivity contribution in [2.75, 3.05) is 13.1 Å². The van der Waals surface area contributed by atoms with E-state index < -0.39 is 11.7 Å². The largest absolute Gasteiger partial charge is 0.416 e. The van der Waals surface area contributed by atoms with Gasteiger partial charge in [-0.3, -0.25) is 0 Å². The fourth-order valence-electron chi connectivity index (χ4n) is 1.40. The van der Waals surface area contributed by atoms with E-state index in [1.54, 1.807) is 6.07 Å². The third kappa shape index (κ3) is 3.50. The molecule has 1 aromatic carbocycles. The van der Waals surface area contributed by atoms with E-state index in [9.17, 15) is 13.2 Å². The predicted molar refractivity (Wildman–Crippen MR) is 56.9 cm³/mol. The van der Waals surface area contributed by atoms with Crippen LogP contribution in [-0.2, 0) is 6.18 Å². The molecule has 0 heterocycles. The van der Waals surface area contributed by atoms with Crippen molar-refractivity contribution in [2.45, 2.75) is 19.1 Å². The van der Waals surface area contributed by atoms with Crippen molar-refractivity contribution in [1.29, 1.82) is 0 Å². The van der Waals surface area contributed by atoms with Crippen molar-refractivity contribution >= 4 is 0 Å². The van der Waals surface area contributed by atoms with Gasteiger partial charge in [0.05, 0.1) is 5.56 Å². The lowest BCUT2D eigenvalue weighted by atomic mass is 10.0. The van der Waals surface area contributed by atoms with Gasteiger partial charge in [0, 0.05) is 19.1 Å². The topological polar surface area (TPSA) is 38.0 Å². The Hall–Kier alpha value is -1.07. The van der Waals surface area contributed by atoms with Gasteiger partial charge < -0.3 is 11.1 Å². The van der Waals surface area contributed by atoms with Crippen LogP contribution in [0.5, 0.6) is 0 Å². The molecule has 3 N–H and O–H groups in total. The van der Waals surface area contributed by atoms with Gasteiger partial charge in [0.25, 0.3) is 0 Å². The second kappa shape index (κ2) is 5.32. The van der Waals surface area contributed by atoms with Gasteiger partial charge in [-0.05, 0) is 24.6 Å². The minimum Gasteiger partial charge on any atom is -0.329 e. The summed E-state index contributed by atoms with van der Waals surface area (Å²) in [5.41, 5.74) is 5.31. The molecule has 0 radical (unpaired) electrons. The first-order valence-electron chi connectivity index (χ1n) is 5.05. The van der Waals surface area contributed by atoms with E-state index in [2.05, 4.69) is 5.32 Å². The number of rotatable bonds is 4. The Kier molecular flexibility index (Phi) is 4.32. The van der Waals surface area contributed by atoms with Crippen LogP contribution in [0.2, 0.25) is 0 Å². The molecule has 16 heavy (non-hydrogen) atoms. The minimum atomic E-state index is -4.29. The van der Waals surface area contributed by atoms with E-state index in [0.717, 1.165) is 12.1 Å². The molecule has 0 saturated carbocycles. The summed E-state index contributed by atoms with van der Waals surface area (Å²) in [6.07, 6.45) is -4.29. The second-order valence-corrected chi connectivity index (χ2v) is 3.59. The molecule has 0 fully saturated rings. The summed E-state index contributed by atoms with van der Waals surface area (Å²) in [6.45, 7) is 2.85. The Morgan fingerprint density at radius 2 is 2.06 bits per heavy atom. The van der Waals surface area contributed by atoms with Crippen LogP contribution in [0.1, 0.15) is 24.1 Å². The van der Waals surface area contributed by atoms with Gasteiger partial charge in [-0.15, -0.1) is 0 Å². The first kappa shape index (κ1) is 13.0. The van der Waals surface area contributed by atoms with Crippen LogP contribution in [0.25, 0.3) is 0 Å². The van der Waals surface area contributed by atoms with Gasteiger partial charge in [0.2, 0.25) is 0 Å². The molecule has 0 aliphatic carbocycles. The van der Waals surface area contributed by atoms with Gasteiger partial charge in [-0.25, -0.2) is 0 Å². The maximum absolute atomic E-state index is 12.4. The number of benzene rings is 1. The summed E-state index contributed by atoms with van der Waals surface area (Å²) < 4.78 is 37.3. The minimum absolute atomic E-state index is 0.133. The van der Waals surface area contributed by atoms with Crippen LogP contribution in [-0.4, -0.2) is 13.1 Å². The van der Waals surface area contributed by atoms with Crippen LogP contribution >= 0.6 is 0 Å². The number of nitrogens with two attached hydrogens (primary N) is 1. The zero-order valence-corrected chi connectivity index (χ0v) is 9.01. The molecule has 5 heteroatoms. The fraction of sp³-hybridized carbons (Fsp3) is 0.455. The molecule has 0 aliphatic heterocycles. The van der Waals surface area contributed by atoms with Gasteiger partial charge in [0.15, 0.2) is 0 Å². The molecule has 0 spiro atoms. The van der Waals surface area contributed by atoms with Crippen LogP contribution in [0, 0.1) is 0 Å². The molecule has 1 rings (SSSR count). The van der Waals surface area contributed by atoms with E-state index in [1.807, 2.05) is 6.92 Å². The van der Waals surface area contributed by atoms with E-state index in [4.69, 9.17) is 5.73 Å². The smallest absolute Gasteiger partial charge is 0.329 e. The second-order valence-electron chi connectivity index (χ2n) is 3.59. The maximum Gasteiger partial charge on any atom is 0.416 e. The molecule has 0 amide bonds. The molecule has 0 aromatic heterocycles. The lowest BCUT2D eigenvalue weighted by molar-refractivity contribution is -0.137. The van der Waals surface area contributed by atoms with Gasteiger partial charge >= 0.3 is 6.18 Å². The van der Waals surface area contributed by atoms with Gasteiger partial charge in [-0.2, -0.15) is 13.2 Å². The Balaban J connectivity index is 2.82. The zero-order valence-electron chi connectivity index (χ0n) is 9.01. The average Bonchev–Trinajstić information content (AvgIpc) is 2.25. The van der Waals surface area contributed by atoms with Crippen molar-refractivity contribution in [2.24, 2.45) is 5.73 Å². The predicted octanol–water partition coefficient (Wildman–Crippen LogP) is 2.31. The van der Waals surface area contributed by atoms with Gasteiger partial charge in [0.1, 0.15) is 0 Å². The van der Waals surface area contributed by atoms with Crippen molar-refractivity contribution in [3.63, 3.8) is 0 Å². The third-order valence-corrected chi connectivity index (χ3v) is 2.31. The van der Waals surface area contributed by atoms with E-state index in [0.29, 0.717) is 18.7 Å². The summed E-state index contributed by atoms with van der Waals surface area (Å²) in [6, 6.07) is 5.18. The van der Waals surface area contributed by atoms with Crippen LogP contribution in [0.15, 0.2) is 24.3 Å². The summed E-state index contributed by atoms with van der Waals surface area (Å²) in [4.78, 5) is 0. The van der Waals surface area contributed by atoms with Crippen LogP contribution in [0.4, 0.5) is 13.2 Å². The Bertz CT molecular complexity index is 336. The summed E-state index contributed by atoms with van der Waals surface area (Å²) >= 11 is 0. The van der Waals surface area contributed by atoms with Crippen molar-refractivity contribution < 1.29 is 13.2 Å². The Morgan fingerprint density at radius 1 is 1.38 bits per heavy atom. The molecule has 0 aliphatic rings. The number of halogens is 3. The highest BCUT2D eigenvalue weighted by Crippen LogP contribution is 2.30. The molecule has 0 saturated heterocycles. The van der Waals surface area contributed by atoms with Crippen molar-refractivity contribution in [3.05, 3.63) is 35.4 Å². The number of alkyl halides is 3. The first-order valence-corrected chi connectivity index (χ1v) is 5.05. The lowest BCUT2D eigenvalue weighted by Crippen LogP contribution is -2.25. The van der Waals surface area contributed by atoms with E-state index >= 15 is 0 Å². The molecular formula is C11H15F3N2. The number of nitrogens with one attached hydrogen (secondary N) is 1. The molecule has 1 aromatic rings. The molecule has 0 bridgehead atoms. The van der Waals surface area contributed by atoms with Gasteiger partial charge in [-0.1, -0.05) is 12.1 Å². The quantitative estimate of drug-likeness (QED) is 0.836. The Morgan fingerprint density at radius 3 is 2.62 bits per heavy atom. The Labute approximate surface area is 92.6 Å². The highest BCUT2D eigenvalue weighted by atomic mass is 19.4. The molecule has 1 atom stereocenters. The number of hydrogen-bond donors (Lipinski definition) is 2. The molecule has 2 nitrogen and oxygen atoms in total. The van der Waals surface area contributed by atoms with E-state index in [1.165, 1.54) is 6.07 Å².